The number of rotatable bonds is 6. The fraction of sp³-hybridized carbons (Fsp3) is 0.158. The van der Waals surface area contributed by atoms with Gasteiger partial charge in [-0.15, -0.1) is 5.10 Å². The van der Waals surface area contributed by atoms with Gasteiger partial charge in [-0.2, -0.15) is 9.78 Å². The highest BCUT2D eigenvalue weighted by Gasteiger charge is 2.24. The molecule has 0 saturated heterocycles. The minimum Gasteiger partial charge on any atom is -0.387 e. The van der Waals surface area contributed by atoms with Crippen LogP contribution in [0.25, 0.3) is 17.3 Å². The maximum absolute atomic E-state index is 13.7. The van der Waals surface area contributed by atoms with E-state index in [1.54, 1.807) is 6.07 Å². The Bertz CT molecular complexity index is 1260. The van der Waals surface area contributed by atoms with Crippen LogP contribution in [0.2, 0.25) is 0 Å². The summed E-state index contributed by atoms with van der Waals surface area (Å²) in [6.45, 7) is -0.111. The zero-order chi connectivity index (χ0) is 22.1. The van der Waals surface area contributed by atoms with Crippen LogP contribution in [0.4, 0.5) is 23.2 Å². The van der Waals surface area contributed by atoms with E-state index in [2.05, 4.69) is 20.5 Å². The van der Waals surface area contributed by atoms with E-state index in [9.17, 15) is 22.4 Å². The number of hydrogen-bond acceptors (Lipinski definition) is 6. The van der Waals surface area contributed by atoms with E-state index < -0.39 is 29.5 Å². The van der Waals surface area contributed by atoms with E-state index in [1.807, 2.05) is 0 Å². The van der Waals surface area contributed by atoms with Crippen molar-refractivity contribution in [3.63, 3.8) is 0 Å². The van der Waals surface area contributed by atoms with Crippen molar-refractivity contribution in [1.29, 1.82) is 0 Å². The Labute approximate surface area is 171 Å². The summed E-state index contributed by atoms with van der Waals surface area (Å²) < 4.78 is 61.1. The first-order valence-corrected chi connectivity index (χ1v) is 8.89. The molecule has 0 fully saturated rings. The monoisotopic (exact) mass is 434 g/mol. The first kappa shape index (κ1) is 20.3. The zero-order valence-electron chi connectivity index (χ0n) is 15.9. The third kappa shape index (κ3) is 4.04. The molecule has 12 heteroatoms. The Kier molecular flexibility index (Phi) is 5.28. The van der Waals surface area contributed by atoms with Gasteiger partial charge in [0.15, 0.2) is 5.82 Å². The largest absolute Gasteiger partial charge is 0.437 e. The average Bonchev–Trinajstić information content (AvgIpc) is 3.32. The molecule has 160 valence electrons. The maximum atomic E-state index is 13.7. The molecule has 3 aromatic heterocycles. The number of alkyl halides is 2. The minimum absolute atomic E-state index is 0.111. The number of aromatic nitrogens is 5. The van der Waals surface area contributed by atoms with E-state index in [1.165, 1.54) is 31.6 Å². The van der Waals surface area contributed by atoms with Gasteiger partial charge in [0.1, 0.15) is 17.3 Å². The molecule has 0 unspecified atom stereocenters. The smallest absolute Gasteiger partial charge is 0.387 e. The average molecular weight is 434 g/mol. The van der Waals surface area contributed by atoms with Crippen molar-refractivity contribution in [2.24, 2.45) is 7.05 Å². The molecular weight excluding hydrogens is 420 g/mol. The van der Waals surface area contributed by atoms with Crippen molar-refractivity contribution in [1.82, 2.24) is 24.5 Å². The van der Waals surface area contributed by atoms with Gasteiger partial charge in [0, 0.05) is 25.4 Å². The molecule has 0 amide bonds. The van der Waals surface area contributed by atoms with Crippen LogP contribution in [0.1, 0.15) is 17.7 Å². The van der Waals surface area contributed by atoms with Gasteiger partial charge in [0.2, 0.25) is 0 Å². The van der Waals surface area contributed by atoms with Crippen molar-refractivity contribution >= 4 is 5.69 Å². The van der Waals surface area contributed by atoms with E-state index in [4.69, 9.17) is 4.42 Å². The van der Waals surface area contributed by atoms with Crippen LogP contribution >= 0.6 is 0 Å². The minimum atomic E-state index is -2.94. The van der Waals surface area contributed by atoms with Crippen molar-refractivity contribution in [3.05, 3.63) is 76.2 Å². The molecule has 0 saturated carbocycles. The third-order valence-corrected chi connectivity index (χ3v) is 4.38. The normalized spacial score (nSPS) is 11.3. The zero-order valence-corrected chi connectivity index (χ0v) is 15.9. The van der Waals surface area contributed by atoms with Crippen LogP contribution in [0.3, 0.4) is 0 Å². The standard InChI is InChI=1S/C19H14F4N6O2/c1-28-19(30)31-18(27-28)12-9-29(26-16(12)17(22)23)15-6-5-10(7-25-15)24-8-11-13(20)3-2-4-14(11)21/h2-7,9,17,24H,8H2,1H3. The lowest BCUT2D eigenvalue weighted by Crippen LogP contribution is -2.09. The molecule has 0 aliphatic rings. The third-order valence-electron chi connectivity index (χ3n) is 4.38. The van der Waals surface area contributed by atoms with Gasteiger partial charge in [-0.05, 0) is 24.3 Å². The molecule has 0 radical (unpaired) electrons. The van der Waals surface area contributed by atoms with Gasteiger partial charge in [-0.3, -0.25) is 0 Å². The van der Waals surface area contributed by atoms with Crippen LogP contribution in [0.5, 0.6) is 0 Å². The Morgan fingerprint density at radius 3 is 2.45 bits per heavy atom. The number of anilines is 1. The Hall–Kier alpha value is -3.96. The van der Waals surface area contributed by atoms with Crippen molar-refractivity contribution in [2.45, 2.75) is 13.0 Å². The molecule has 1 aromatic carbocycles. The van der Waals surface area contributed by atoms with Crippen molar-refractivity contribution in [3.8, 4) is 17.3 Å². The summed E-state index contributed by atoms with van der Waals surface area (Å²) in [5, 5.41) is 10.4. The van der Waals surface area contributed by atoms with Gasteiger partial charge in [-0.25, -0.2) is 32.0 Å². The Morgan fingerprint density at radius 2 is 1.87 bits per heavy atom. The van der Waals surface area contributed by atoms with Crippen molar-refractivity contribution < 1.29 is 22.0 Å². The number of hydrogen-bond donors (Lipinski definition) is 1. The van der Waals surface area contributed by atoms with Crippen LogP contribution in [0, 0.1) is 11.6 Å². The second kappa shape index (κ2) is 8.05. The predicted molar refractivity (Wildman–Crippen MR) is 101 cm³/mol. The number of pyridine rings is 1. The van der Waals surface area contributed by atoms with E-state index in [-0.39, 0.29) is 29.4 Å². The van der Waals surface area contributed by atoms with Crippen LogP contribution < -0.4 is 11.1 Å². The quantitative estimate of drug-likeness (QED) is 0.468. The second-order valence-electron chi connectivity index (χ2n) is 6.43. The highest BCUT2D eigenvalue weighted by molar-refractivity contribution is 5.56. The summed E-state index contributed by atoms with van der Waals surface area (Å²) in [7, 11) is 1.32. The van der Waals surface area contributed by atoms with Gasteiger partial charge in [0.05, 0.1) is 17.4 Å². The van der Waals surface area contributed by atoms with Crippen LogP contribution in [0.15, 0.2) is 51.9 Å². The van der Waals surface area contributed by atoms with Crippen molar-refractivity contribution in [2.75, 3.05) is 5.32 Å². The number of benzene rings is 1. The summed E-state index contributed by atoms with van der Waals surface area (Å²) >= 11 is 0. The highest BCUT2D eigenvalue weighted by atomic mass is 19.3. The number of halogens is 4. The molecule has 8 nitrogen and oxygen atoms in total. The lowest BCUT2D eigenvalue weighted by molar-refractivity contribution is 0.146. The summed E-state index contributed by atoms with van der Waals surface area (Å²) in [5.41, 5.74) is -0.446. The molecule has 1 N–H and O–H groups in total. The van der Waals surface area contributed by atoms with E-state index in [0.717, 1.165) is 21.5 Å². The first-order valence-electron chi connectivity index (χ1n) is 8.89. The molecule has 0 aliphatic carbocycles. The summed E-state index contributed by atoms with van der Waals surface area (Å²) in [6, 6.07) is 6.60. The molecule has 31 heavy (non-hydrogen) atoms. The molecule has 3 heterocycles. The number of aryl methyl sites for hydroxylation is 1. The lowest BCUT2D eigenvalue weighted by atomic mass is 10.2. The molecule has 0 spiro atoms. The van der Waals surface area contributed by atoms with E-state index >= 15 is 0 Å². The van der Waals surface area contributed by atoms with Gasteiger partial charge in [-0.1, -0.05) is 6.07 Å². The van der Waals surface area contributed by atoms with Gasteiger partial charge < -0.3 is 9.73 Å². The molecule has 0 bridgehead atoms. The molecule has 4 rings (SSSR count). The topological polar surface area (TPSA) is 90.8 Å². The van der Waals surface area contributed by atoms with Crippen LogP contribution in [-0.4, -0.2) is 24.5 Å². The highest BCUT2D eigenvalue weighted by Crippen LogP contribution is 2.29. The fourth-order valence-electron chi connectivity index (χ4n) is 2.80. The van der Waals surface area contributed by atoms with Gasteiger partial charge in [0.25, 0.3) is 12.3 Å². The Morgan fingerprint density at radius 1 is 1.13 bits per heavy atom. The molecule has 0 atom stereocenters. The SMILES string of the molecule is Cn1nc(-c2cn(-c3ccc(NCc4c(F)cccc4F)cn3)nc2C(F)F)oc1=O. The summed E-state index contributed by atoms with van der Waals surface area (Å²) in [6.07, 6.45) is -0.366. The van der Waals surface area contributed by atoms with E-state index in [0.29, 0.717) is 5.69 Å². The lowest BCUT2D eigenvalue weighted by Gasteiger charge is -2.09. The summed E-state index contributed by atoms with van der Waals surface area (Å²) in [5.74, 6) is -2.26. The summed E-state index contributed by atoms with van der Waals surface area (Å²) in [4.78, 5) is 15.6. The van der Waals surface area contributed by atoms with Gasteiger partial charge >= 0.3 is 5.76 Å². The number of nitrogens with one attached hydrogen (secondary N) is 1. The second-order valence-corrected chi connectivity index (χ2v) is 6.43. The fourth-order valence-corrected chi connectivity index (χ4v) is 2.80. The molecule has 4 aromatic rings. The molecule has 0 aliphatic heterocycles. The Balaban J connectivity index is 1.58. The predicted octanol–water partition coefficient (Wildman–Crippen LogP) is 3.45. The van der Waals surface area contributed by atoms with Crippen LogP contribution in [-0.2, 0) is 13.6 Å². The number of nitrogens with zero attached hydrogens (tertiary/aromatic N) is 5. The maximum Gasteiger partial charge on any atom is 0.437 e. The first-order chi connectivity index (χ1) is 14.8. The molecular formula is C19H14F4N6O2.